The van der Waals surface area contributed by atoms with Gasteiger partial charge in [0.25, 0.3) is 0 Å². The van der Waals surface area contributed by atoms with E-state index in [4.69, 9.17) is 9.84 Å². The predicted molar refractivity (Wildman–Crippen MR) is 60.4 cm³/mol. The zero-order valence-electron chi connectivity index (χ0n) is 8.03. The maximum absolute atomic E-state index is 9.01. The van der Waals surface area contributed by atoms with Gasteiger partial charge in [-0.3, -0.25) is 0 Å². The van der Waals surface area contributed by atoms with Crippen LogP contribution in [0.15, 0.2) is 34.8 Å². The summed E-state index contributed by atoms with van der Waals surface area (Å²) in [6.45, 7) is 2.52. The summed E-state index contributed by atoms with van der Waals surface area (Å²) >= 11 is 3.34. The highest BCUT2D eigenvalue weighted by atomic mass is 79.9. The van der Waals surface area contributed by atoms with Crippen molar-refractivity contribution < 1.29 is 9.84 Å². The third-order valence-corrected chi connectivity index (χ3v) is 2.54. The van der Waals surface area contributed by atoms with Crippen molar-refractivity contribution in [3.63, 3.8) is 0 Å². The molecule has 0 aromatic heterocycles. The van der Waals surface area contributed by atoms with Crippen molar-refractivity contribution in [2.24, 2.45) is 0 Å². The number of rotatable bonds is 4. The van der Waals surface area contributed by atoms with Crippen LogP contribution in [0.25, 0.3) is 0 Å². The summed E-state index contributed by atoms with van der Waals surface area (Å²) in [5, 5.41) is 9.01. The second-order valence-corrected chi connectivity index (χ2v) is 3.65. The van der Waals surface area contributed by atoms with Crippen molar-refractivity contribution >= 4 is 15.9 Å². The molecule has 0 aliphatic carbocycles. The highest BCUT2D eigenvalue weighted by Crippen LogP contribution is 2.22. The van der Waals surface area contributed by atoms with Gasteiger partial charge in [0.1, 0.15) is 12.4 Å². The summed E-state index contributed by atoms with van der Waals surface area (Å²) in [5.74, 6) is 0.773. The van der Waals surface area contributed by atoms with Crippen LogP contribution in [0.4, 0.5) is 0 Å². The van der Waals surface area contributed by atoms with Gasteiger partial charge in [0.05, 0.1) is 6.61 Å². The largest absolute Gasteiger partial charge is 0.490 e. The fourth-order valence-corrected chi connectivity index (χ4v) is 1.37. The van der Waals surface area contributed by atoms with Crippen LogP contribution in [0.3, 0.4) is 0 Å². The van der Waals surface area contributed by atoms with Crippen molar-refractivity contribution in [3.8, 4) is 5.75 Å². The Morgan fingerprint density at radius 1 is 1.50 bits per heavy atom. The third kappa shape index (κ3) is 3.16. The Kier molecular flexibility index (Phi) is 4.70. The maximum Gasteiger partial charge on any atom is 0.120 e. The van der Waals surface area contributed by atoms with Crippen LogP contribution in [-0.4, -0.2) is 11.7 Å². The number of aliphatic hydroxyl groups is 1. The zero-order valence-corrected chi connectivity index (χ0v) is 9.62. The molecular formula is C11H13BrO2. The van der Waals surface area contributed by atoms with Gasteiger partial charge in [-0.15, -0.1) is 0 Å². The van der Waals surface area contributed by atoms with E-state index in [1.807, 2.05) is 37.3 Å². The molecule has 3 heteroatoms. The monoisotopic (exact) mass is 256 g/mol. The van der Waals surface area contributed by atoms with Crippen LogP contribution in [0.2, 0.25) is 0 Å². The number of aliphatic hydroxyl groups excluding tert-OH is 1. The van der Waals surface area contributed by atoms with Crippen LogP contribution >= 0.6 is 15.9 Å². The van der Waals surface area contributed by atoms with Gasteiger partial charge in [0.2, 0.25) is 0 Å². The van der Waals surface area contributed by atoms with Crippen LogP contribution in [-0.2, 0) is 6.61 Å². The van der Waals surface area contributed by atoms with E-state index in [2.05, 4.69) is 15.9 Å². The van der Waals surface area contributed by atoms with E-state index in [9.17, 15) is 0 Å². The first-order valence-electron chi connectivity index (χ1n) is 4.41. The molecule has 1 aromatic rings. The minimum absolute atomic E-state index is 0.0153. The van der Waals surface area contributed by atoms with Gasteiger partial charge in [-0.2, -0.15) is 0 Å². The number of hydrogen-bond donors (Lipinski definition) is 1. The number of benzene rings is 1. The van der Waals surface area contributed by atoms with Gasteiger partial charge in [0, 0.05) is 4.47 Å². The number of hydrogen-bond acceptors (Lipinski definition) is 2. The molecule has 1 aromatic carbocycles. The van der Waals surface area contributed by atoms with E-state index in [0.717, 1.165) is 15.8 Å². The highest BCUT2D eigenvalue weighted by molar-refractivity contribution is 9.10. The molecule has 0 aliphatic rings. The van der Waals surface area contributed by atoms with Crippen molar-refractivity contribution in [2.45, 2.75) is 13.5 Å². The van der Waals surface area contributed by atoms with Crippen LogP contribution < -0.4 is 4.74 Å². The molecule has 14 heavy (non-hydrogen) atoms. The summed E-state index contributed by atoms with van der Waals surface area (Å²) in [5.41, 5.74) is 0.836. The minimum Gasteiger partial charge on any atom is -0.490 e. The standard InChI is InChI=1S/C11H13BrO2/c1-2-3-6-14-10-4-5-11(12)9(7-10)8-13/h2-5,7,13H,6,8H2,1H3/b3-2+. The SMILES string of the molecule is C/C=C/COc1ccc(Br)c(CO)c1. The molecule has 0 fully saturated rings. The topological polar surface area (TPSA) is 29.5 Å². The average molecular weight is 257 g/mol. The molecule has 0 atom stereocenters. The lowest BCUT2D eigenvalue weighted by Crippen LogP contribution is -1.94. The lowest BCUT2D eigenvalue weighted by molar-refractivity contribution is 0.279. The summed E-state index contributed by atoms with van der Waals surface area (Å²) in [6, 6.07) is 5.57. The van der Waals surface area contributed by atoms with Gasteiger partial charge >= 0.3 is 0 Å². The zero-order chi connectivity index (χ0) is 10.4. The number of allylic oxidation sites excluding steroid dienone is 1. The molecule has 0 aliphatic heterocycles. The molecule has 1 rings (SSSR count). The quantitative estimate of drug-likeness (QED) is 0.840. The van der Waals surface area contributed by atoms with Gasteiger partial charge < -0.3 is 9.84 Å². The first-order chi connectivity index (χ1) is 6.77. The van der Waals surface area contributed by atoms with E-state index in [1.165, 1.54) is 0 Å². The Morgan fingerprint density at radius 3 is 2.93 bits per heavy atom. The molecule has 1 N–H and O–H groups in total. The van der Waals surface area contributed by atoms with Crippen molar-refractivity contribution in [1.82, 2.24) is 0 Å². The van der Waals surface area contributed by atoms with Gasteiger partial charge in [-0.25, -0.2) is 0 Å². The Bertz CT molecular complexity index is 321. The van der Waals surface area contributed by atoms with Gasteiger partial charge in [0.15, 0.2) is 0 Å². The van der Waals surface area contributed by atoms with E-state index in [-0.39, 0.29) is 6.61 Å². The first-order valence-corrected chi connectivity index (χ1v) is 5.20. The molecule has 0 spiro atoms. The smallest absolute Gasteiger partial charge is 0.120 e. The van der Waals surface area contributed by atoms with E-state index < -0.39 is 0 Å². The Morgan fingerprint density at radius 2 is 2.29 bits per heavy atom. The van der Waals surface area contributed by atoms with E-state index in [0.29, 0.717) is 6.61 Å². The lowest BCUT2D eigenvalue weighted by Gasteiger charge is -2.06. The van der Waals surface area contributed by atoms with Crippen molar-refractivity contribution in [1.29, 1.82) is 0 Å². The van der Waals surface area contributed by atoms with Gasteiger partial charge in [-0.1, -0.05) is 28.1 Å². The minimum atomic E-state index is 0.0153. The fourth-order valence-electron chi connectivity index (χ4n) is 1.00. The summed E-state index contributed by atoms with van der Waals surface area (Å²) in [6.07, 6.45) is 3.87. The second-order valence-electron chi connectivity index (χ2n) is 2.79. The van der Waals surface area contributed by atoms with E-state index in [1.54, 1.807) is 0 Å². The molecule has 0 radical (unpaired) electrons. The Labute approximate surface area is 92.3 Å². The Balaban J connectivity index is 2.69. The fraction of sp³-hybridized carbons (Fsp3) is 0.273. The third-order valence-electron chi connectivity index (χ3n) is 1.77. The lowest BCUT2D eigenvalue weighted by atomic mass is 10.2. The molecule has 0 bridgehead atoms. The first kappa shape index (κ1) is 11.3. The molecule has 0 saturated heterocycles. The summed E-state index contributed by atoms with van der Waals surface area (Å²) in [4.78, 5) is 0. The van der Waals surface area contributed by atoms with Crippen molar-refractivity contribution in [3.05, 3.63) is 40.4 Å². The predicted octanol–water partition coefficient (Wildman–Crippen LogP) is 2.90. The second kappa shape index (κ2) is 5.83. The van der Waals surface area contributed by atoms with E-state index >= 15 is 0 Å². The van der Waals surface area contributed by atoms with Crippen LogP contribution in [0.5, 0.6) is 5.75 Å². The summed E-state index contributed by atoms with van der Waals surface area (Å²) < 4.78 is 6.33. The normalized spacial score (nSPS) is 10.8. The highest BCUT2D eigenvalue weighted by Gasteiger charge is 2.00. The molecule has 0 saturated carbocycles. The Hall–Kier alpha value is -0.800. The number of halogens is 1. The molecule has 76 valence electrons. The summed E-state index contributed by atoms with van der Waals surface area (Å²) in [7, 11) is 0. The molecule has 0 heterocycles. The van der Waals surface area contributed by atoms with Crippen LogP contribution in [0.1, 0.15) is 12.5 Å². The number of ether oxygens (including phenoxy) is 1. The molecular weight excluding hydrogens is 244 g/mol. The molecule has 2 nitrogen and oxygen atoms in total. The molecule has 0 unspecified atom stereocenters. The van der Waals surface area contributed by atoms with Crippen molar-refractivity contribution in [2.75, 3.05) is 6.61 Å². The average Bonchev–Trinajstić information content (AvgIpc) is 2.21. The van der Waals surface area contributed by atoms with Crippen LogP contribution in [0, 0.1) is 0 Å². The van der Waals surface area contributed by atoms with Gasteiger partial charge in [-0.05, 0) is 30.7 Å². The maximum atomic E-state index is 9.01. The molecule has 0 amide bonds.